The Morgan fingerprint density at radius 2 is 1.68 bits per heavy atom. The predicted octanol–water partition coefficient (Wildman–Crippen LogP) is 3.31. The molecule has 1 aliphatic carbocycles. The molecular formula is C17H28N2. The first-order valence-corrected chi connectivity index (χ1v) is 7.50. The number of hydrogen-bond acceptors (Lipinski definition) is 2. The monoisotopic (exact) mass is 260 g/mol. The zero-order valence-corrected chi connectivity index (χ0v) is 12.9. The molecule has 106 valence electrons. The van der Waals surface area contributed by atoms with Gasteiger partial charge in [-0.05, 0) is 75.8 Å². The second kappa shape index (κ2) is 6.06. The Kier molecular flexibility index (Phi) is 4.64. The van der Waals surface area contributed by atoms with Gasteiger partial charge in [0.05, 0.1) is 0 Å². The summed E-state index contributed by atoms with van der Waals surface area (Å²) >= 11 is 0. The molecule has 2 N–H and O–H groups in total. The van der Waals surface area contributed by atoms with E-state index in [-0.39, 0.29) is 0 Å². The highest BCUT2D eigenvalue weighted by Gasteiger charge is 2.22. The van der Waals surface area contributed by atoms with Gasteiger partial charge in [0.15, 0.2) is 0 Å². The average Bonchev–Trinajstić information content (AvgIpc) is 2.40. The highest BCUT2D eigenvalue weighted by Crippen LogP contribution is 2.24. The lowest BCUT2D eigenvalue weighted by Crippen LogP contribution is -2.38. The zero-order chi connectivity index (χ0) is 14.0. The number of aryl methyl sites for hydroxylation is 1. The van der Waals surface area contributed by atoms with Crippen LogP contribution in [0.2, 0.25) is 0 Å². The summed E-state index contributed by atoms with van der Waals surface area (Å²) in [6.45, 7) is 7.74. The Morgan fingerprint density at radius 1 is 1.05 bits per heavy atom. The minimum atomic E-state index is 0.438. The molecule has 0 aliphatic heterocycles. The van der Waals surface area contributed by atoms with E-state index in [0.717, 1.165) is 6.54 Å². The first-order chi connectivity index (χ1) is 8.99. The van der Waals surface area contributed by atoms with Crippen LogP contribution in [0.25, 0.3) is 0 Å². The summed E-state index contributed by atoms with van der Waals surface area (Å²) in [7, 11) is 2.26. The Balaban J connectivity index is 2.03. The molecule has 1 fully saturated rings. The molecule has 0 unspecified atom stereocenters. The molecule has 19 heavy (non-hydrogen) atoms. The van der Waals surface area contributed by atoms with Gasteiger partial charge in [-0.1, -0.05) is 12.1 Å². The van der Waals surface area contributed by atoms with E-state index in [9.17, 15) is 0 Å². The Morgan fingerprint density at radius 3 is 2.32 bits per heavy atom. The first-order valence-electron chi connectivity index (χ1n) is 7.50. The molecule has 0 radical (unpaired) electrons. The molecule has 0 bridgehead atoms. The standard InChI is InChI=1S/C17H28N2/c1-12-5-6-15(14(3)13(12)2)11-19(4)17-9-7-16(18)8-10-17/h5-6,16-17H,7-11,18H2,1-4H3. The topological polar surface area (TPSA) is 29.3 Å². The van der Waals surface area contributed by atoms with Crippen LogP contribution in [-0.4, -0.2) is 24.0 Å². The maximum atomic E-state index is 5.99. The summed E-state index contributed by atoms with van der Waals surface area (Å²) in [6.07, 6.45) is 4.87. The third-order valence-corrected chi connectivity index (χ3v) is 4.95. The average molecular weight is 260 g/mol. The summed E-state index contributed by atoms with van der Waals surface area (Å²) in [4.78, 5) is 2.52. The summed E-state index contributed by atoms with van der Waals surface area (Å²) in [6, 6.07) is 5.69. The van der Waals surface area contributed by atoms with Crippen LogP contribution in [0.4, 0.5) is 0 Å². The minimum Gasteiger partial charge on any atom is -0.328 e. The van der Waals surface area contributed by atoms with Crippen molar-refractivity contribution in [3.05, 3.63) is 34.4 Å². The van der Waals surface area contributed by atoms with Gasteiger partial charge in [0, 0.05) is 18.6 Å². The van der Waals surface area contributed by atoms with Crippen LogP contribution >= 0.6 is 0 Å². The van der Waals surface area contributed by atoms with E-state index in [1.807, 2.05) is 0 Å². The maximum Gasteiger partial charge on any atom is 0.0236 e. The van der Waals surface area contributed by atoms with Crippen molar-refractivity contribution in [1.29, 1.82) is 0 Å². The summed E-state index contributed by atoms with van der Waals surface area (Å²) in [5.74, 6) is 0. The van der Waals surface area contributed by atoms with E-state index in [0.29, 0.717) is 12.1 Å². The van der Waals surface area contributed by atoms with E-state index >= 15 is 0 Å². The highest BCUT2D eigenvalue weighted by molar-refractivity contribution is 5.38. The van der Waals surface area contributed by atoms with Gasteiger partial charge in [-0.25, -0.2) is 0 Å². The Bertz CT molecular complexity index is 431. The SMILES string of the molecule is Cc1ccc(CN(C)C2CCC(N)CC2)c(C)c1C. The van der Waals surface area contributed by atoms with Crippen LogP contribution in [0.1, 0.15) is 47.9 Å². The Labute approximate surface area is 118 Å². The van der Waals surface area contributed by atoms with Crippen molar-refractivity contribution in [2.75, 3.05) is 7.05 Å². The van der Waals surface area contributed by atoms with E-state index < -0.39 is 0 Å². The molecule has 2 nitrogen and oxygen atoms in total. The van der Waals surface area contributed by atoms with Crippen LogP contribution in [-0.2, 0) is 6.54 Å². The minimum absolute atomic E-state index is 0.438. The number of hydrogen-bond donors (Lipinski definition) is 1. The van der Waals surface area contributed by atoms with Crippen LogP contribution in [0.3, 0.4) is 0 Å². The van der Waals surface area contributed by atoms with Gasteiger partial charge in [0.2, 0.25) is 0 Å². The van der Waals surface area contributed by atoms with Gasteiger partial charge >= 0.3 is 0 Å². The van der Waals surface area contributed by atoms with E-state index in [1.54, 1.807) is 0 Å². The molecule has 0 spiro atoms. The van der Waals surface area contributed by atoms with Crippen molar-refractivity contribution in [2.45, 2.75) is 65.1 Å². The lowest BCUT2D eigenvalue weighted by atomic mass is 9.90. The molecule has 1 aromatic rings. The number of nitrogens with two attached hydrogens (primary N) is 1. The summed E-state index contributed by atoms with van der Waals surface area (Å²) in [5.41, 5.74) is 11.8. The van der Waals surface area contributed by atoms with Crippen molar-refractivity contribution in [3.8, 4) is 0 Å². The van der Waals surface area contributed by atoms with E-state index in [2.05, 4.69) is 44.9 Å². The molecule has 2 heteroatoms. The van der Waals surface area contributed by atoms with Crippen LogP contribution in [0.5, 0.6) is 0 Å². The molecule has 0 atom stereocenters. The third kappa shape index (κ3) is 3.37. The van der Waals surface area contributed by atoms with Gasteiger partial charge < -0.3 is 5.73 Å². The Hall–Kier alpha value is -0.860. The number of nitrogens with zero attached hydrogens (tertiary/aromatic N) is 1. The van der Waals surface area contributed by atoms with Crippen molar-refractivity contribution in [3.63, 3.8) is 0 Å². The molecule has 0 aromatic heterocycles. The molecule has 1 aliphatic rings. The molecule has 0 heterocycles. The summed E-state index contributed by atoms with van der Waals surface area (Å²) < 4.78 is 0. The van der Waals surface area contributed by atoms with Crippen molar-refractivity contribution < 1.29 is 0 Å². The molecule has 2 rings (SSSR count). The largest absolute Gasteiger partial charge is 0.328 e. The number of rotatable bonds is 3. The molecule has 1 saturated carbocycles. The highest BCUT2D eigenvalue weighted by atomic mass is 15.1. The second-order valence-electron chi connectivity index (χ2n) is 6.28. The van der Waals surface area contributed by atoms with Crippen molar-refractivity contribution in [1.82, 2.24) is 4.90 Å². The van der Waals surface area contributed by atoms with Crippen LogP contribution < -0.4 is 5.73 Å². The fraction of sp³-hybridized carbons (Fsp3) is 0.647. The second-order valence-corrected chi connectivity index (χ2v) is 6.28. The zero-order valence-electron chi connectivity index (χ0n) is 12.9. The van der Waals surface area contributed by atoms with Crippen molar-refractivity contribution >= 4 is 0 Å². The van der Waals surface area contributed by atoms with Gasteiger partial charge in [0.25, 0.3) is 0 Å². The lowest BCUT2D eigenvalue weighted by Gasteiger charge is -2.34. The normalized spacial score (nSPS) is 23.9. The van der Waals surface area contributed by atoms with Gasteiger partial charge in [-0.15, -0.1) is 0 Å². The van der Waals surface area contributed by atoms with Gasteiger partial charge in [-0.2, -0.15) is 0 Å². The van der Waals surface area contributed by atoms with Crippen molar-refractivity contribution in [2.24, 2.45) is 5.73 Å². The quantitative estimate of drug-likeness (QED) is 0.903. The van der Waals surface area contributed by atoms with Gasteiger partial charge in [-0.3, -0.25) is 4.90 Å². The summed E-state index contributed by atoms with van der Waals surface area (Å²) in [5, 5.41) is 0. The third-order valence-electron chi connectivity index (χ3n) is 4.95. The lowest BCUT2D eigenvalue weighted by molar-refractivity contribution is 0.176. The fourth-order valence-electron chi connectivity index (χ4n) is 3.12. The predicted molar refractivity (Wildman–Crippen MR) is 82.4 cm³/mol. The van der Waals surface area contributed by atoms with E-state index in [1.165, 1.54) is 47.9 Å². The fourth-order valence-corrected chi connectivity index (χ4v) is 3.12. The van der Waals surface area contributed by atoms with Crippen LogP contribution in [0, 0.1) is 20.8 Å². The molecule has 0 saturated heterocycles. The number of benzene rings is 1. The maximum absolute atomic E-state index is 5.99. The first kappa shape index (κ1) is 14.5. The van der Waals surface area contributed by atoms with E-state index in [4.69, 9.17) is 5.73 Å². The van der Waals surface area contributed by atoms with Gasteiger partial charge in [0.1, 0.15) is 0 Å². The molecule has 0 amide bonds. The van der Waals surface area contributed by atoms with Crippen LogP contribution in [0.15, 0.2) is 12.1 Å². The molecular weight excluding hydrogens is 232 g/mol. The molecule has 1 aromatic carbocycles. The smallest absolute Gasteiger partial charge is 0.0236 e.